The highest BCUT2D eigenvalue weighted by Crippen LogP contribution is 2.26. The number of hydroxylamine groups is 1. The average molecular weight is 461 g/mol. The quantitative estimate of drug-likeness (QED) is 0.256. The van der Waals surface area contributed by atoms with E-state index in [0.717, 1.165) is 37.0 Å². The van der Waals surface area contributed by atoms with Gasteiger partial charge in [0.05, 0.1) is 6.42 Å². The Kier molecular flexibility index (Phi) is 7.83. The van der Waals surface area contributed by atoms with Crippen LogP contribution < -0.4 is 20.4 Å². The zero-order chi connectivity index (χ0) is 23.8. The number of hydrogen-bond acceptors (Lipinski definition) is 5. The van der Waals surface area contributed by atoms with Gasteiger partial charge in [-0.1, -0.05) is 54.6 Å². The Hall–Kier alpha value is -3.35. The number of rotatable bonds is 9. The SMILES string of the molecule is CC(O)(COc1ccccc1)NC1CCCc2cc(ONC(=O)Cc3ccccc3)ccc2C1. The van der Waals surface area contributed by atoms with Crippen molar-refractivity contribution in [1.29, 1.82) is 0 Å². The lowest BCUT2D eigenvalue weighted by Gasteiger charge is -2.30. The van der Waals surface area contributed by atoms with E-state index >= 15 is 0 Å². The summed E-state index contributed by atoms with van der Waals surface area (Å²) in [6.07, 6.45) is 3.93. The summed E-state index contributed by atoms with van der Waals surface area (Å²) >= 11 is 0. The molecule has 0 saturated heterocycles. The lowest BCUT2D eigenvalue weighted by atomic mass is 10.0. The van der Waals surface area contributed by atoms with Gasteiger partial charge in [0.25, 0.3) is 5.91 Å². The Labute approximate surface area is 200 Å². The number of aliphatic hydroxyl groups is 1. The van der Waals surface area contributed by atoms with Crippen LogP contribution in [0.15, 0.2) is 78.9 Å². The van der Waals surface area contributed by atoms with E-state index in [2.05, 4.69) is 10.8 Å². The molecule has 3 aromatic rings. The summed E-state index contributed by atoms with van der Waals surface area (Å²) < 4.78 is 5.75. The first kappa shape index (κ1) is 23.8. The average Bonchev–Trinajstić information content (AvgIpc) is 3.03. The number of nitrogens with one attached hydrogen (secondary N) is 2. The van der Waals surface area contributed by atoms with Crippen molar-refractivity contribution < 1.29 is 19.5 Å². The topological polar surface area (TPSA) is 79.8 Å². The molecule has 3 N–H and O–H groups in total. The molecule has 1 aliphatic rings. The number of carbonyl (C=O) groups excluding carboxylic acids is 1. The second-order valence-corrected chi connectivity index (χ2v) is 9.03. The standard InChI is InChI=1S/C28H32N2O4/c1-28(32,20-33-25-13-6-3-7-14-25)29-24-12-8-11-22-19-26(16-15-23(22)18-24)34-30-27(31)17-21-9-4-2-5-10-21/h2-7,9-10,13-16,19,24,29,32H,8,11-12,17-18,20H2,1H3,(H,30,31). The fraction of sp³-hybridized carbons (Fsp3) is 0.321. The van der Waals surface area contributed by atoms with E-state index in [-0.39, 0.29) is 25.0 Å². The van der Waals surface area contributed by atoms with Crippen LogP contribution in [0.5, 0.6) is 11.5 Å². The van der Waals surface area contributed by atoms with Gasteiger partial charge in [0.1, 0.15) is 18.1 Å². The lowest BCUT2D eigenvalue weighted by molar-refractivity contribution is -0.126. The van der Waals surface area contributed by atoms with Crippen LogP contribution >= 0.6 is 0 Å². The van der Waals surface area contributed by atoms with Crippen molar-refractivity contribution >= 4 is 5.91 Å². The van der Waals surface area contributed by atoms with Crippen LogP contribution in [0.1, 0.15) is 36.5 Å². The van der Waals surface area contributed by atoms with Crippen LogP contribution in [0.25, 0.3) is 0 Å². The molecule has 1 amide bonds. The van der Waals surface area contributed by atoms with Crippen molar-refractivity contribution in [2.24, 2.45) is 0 Å². The molecule has 0 fully saturated rings. The van der Waals surface area contributed by atoms with Crippen LogP contribution in [0.3, 0.4) is 0 Å². The van der Waals surface area contributed by atoms with E-state index in [1.165, 1.54) is 11.1 Å². The Morgan fingerprint density at radius 2 is 1.74 bits per heavy atom. The lowest BCUT2D eigenvalue weighted by Crippen LogP contribution is -2.52. The van der Waals surface area contributed by atoms with Crippen molar-refractivity contribution in [2.75, 3.05) is 6.61 Å². The highest BCUT2D eigenvalue weighted by atomic mass is 16.7. The maximum Gasteiger partial charge on any atom is 0.256 e. The molecule has 0 radical (unpaired) electrons. The highest BCUT2D eigenvalue weighted by molar-refractivity contribution is 5.77. The van der Waals surface area contributed by atoms with Crippen LogP contribution in [0, 0.1) is 0 Å². The fourth-order valence-corrected chi connectivity index (χ4v) is 4.28. The summed E-state index contributed by atoms with van der Waals surface area (Å²) in [6, 6.07) is 25.1. The molecule has 0 bridgehead atoms. The van der Waals surface area contributed by atoms with E-state index < -0.39 is 5.72 Å². The molecule has 0 aromatic heterocycles. The molecule has 178 valence electrons. The maximum atomic E-state index is 12.2. The number of benzene rings is 3. The van der Waals surface area contributed by atoms with Crippen molar-refractivity contribution in [3.8, 4) is 11.5 Å². The normalized spacial score (nSPS) is 17.1. The van der Waals surface area contributed by atoms with Gasteiger partial charge in [0, 0.05) is 6.04 Å². The first-order valence-electron chi connectivity index (χ1n) is 11.8. The number of amides is 1. The van der Waals surface area contributed by atoms with E-state index in [9.17, 15) is 9.90 Å². The van der Waals surface area contributed by atoms with Crippen LogP contribution in [-0.4, -0.2) is 29.4 Å². The highest BCUT2D eigenvalue weighted by Gasteiger charge is 2.27. The minimum Gasteiger partial charge on any atom is -0.489 e. The third kappa shape index (κ3) is 7.07. The summed E-state index contributed by atoms with van der Waals surface area (Å²) in [6.45, 7) is 1.91. The maximum absolute atomic E-state index is 12.2. The molecule has 6 heteroatoms. The summed E-state index contributed by atoms with van der Waals surface area (Å²) in [5.74, 6) is 1.17. The molecule has 34 heavy (non-hydrogen) atoms. The molecule has 0 saturated carbocycles. The van der Waals surface area contributed by atoms with Gasteiger partial charge in [-0.15, -0.1) is 0 Å². The monoisotopic (exact) mass is 460 g/mol. The largest absolute Gasteiger partial charge is 0.489 e. The van der Waals surface area contributed by atoms with Gasteiger partial charge in [0.15, 0.2) is 5.75 Å². The number of aryl methyl sites for hydroxylation is 1. The molecular formula is C28H32N2O4. The number of carbonyl (C=O) groups is 1. The van der Waals surface area contributed by atoms with Crippen molar-refractivity contribution in [1.82, 2.24) is 10.8 Å². The third-order valence-electron chi connectivity index (χ3n) is 5.91. The van der Waals surface area contributed by atoms with Crippen LogP contribution in [0.2, 0.25) is 0 Å². The summed E-state index contributed by atoms with van der Waals surface area (Å²) in [5.41, 5.74) is 4.76. The molecule has 1 aliphatic carbocycles. The third-order valence-corrected chi connectivity index (χ3v) is 5.91. The van der Waals surface area contributed by atoms with E-state index in [1.807, 2.05) is 78.9 Å². The van der Waals surface area contributed by atoms with Gasteiger partial charge in [0.2, 0.25) is 0 Å². The molecule has 0 spiro atoms. The number of fused-ring (bicyclic) bond motifs is 1. The molecule has 2 atom stereocenters. The second-order valence-electron chi connectivity index (χ2n) is 9.03. The van der Waals surface area contributed by atoms with Crippen molar-refractivity contribution in [2.45, 2.75) is 50.8 Å². The number of ether oxygens (including phenoxy) is 1. The van der Waals surface area contributed by atoms with E-state index in [4.69, 9.17) is 9.57 Å². The Morgan fingerprint density at radius 1 is 1.00 bits per heavy atom. The Balaban J connectivity index is 1.30. The fourth-order valence-electron chi connectivity index (χ4n) is 4.28. The smallest absolute Gasteiger partial charge is 0.256 e. The first-order valence-corrected chi connectivity index (χ1v) is 11.8. The Bertz CT molecular complexity index is 1070. The number of hydrogen-bond donors (Lipinski definition) is 3. The van der Waals surface area contributed by atoms with Gasteiger partial charge in [-0.3, -0.25) is 10.1 Å². The predicted molar refractivity (Wildman–Crippen MR) is 131 cm³/mol. The van der Waals surface area contributed by atoms with Crippen molar-refractivity contribution in [3.63, 3.8) is 0 Å². The van der Waals surface area contributed by atoms with Gasteiger partial charge in [-0.2, -0.15) is 5.48 Å². The van der Waals surface area contributed by atoms with Gasteiger partial charge in [-0.05, 0) is 73.6 Å². The second kappa shape index (κ2) is 11.2. The molecule has 0 aliphatic heterocycles. The molecule has 0 heterocycles. The molecule has 6 nitrogen and oxygen atoms in total. The van der Waals surface area contributed by atoms with E-state index in [0.29, 0.717) is 5.75 Å². The van der Waals surface area contributed by atoms with Gasteiger partial charge in [-0.25, -0.2) is 0 Å². The van der Waals surface area contributed by atoms with Crippen molar-refractivity contribution in [3.05, 3.63) is 95.6 Å². The Morgan fingerprint density at radius 3 is 2.50 bits per heavy atom. The number of para-hydroxylation sites is 1. The molecular weight excluding hydrogens is 428 g/mol. The van der Waals surface area contributed by atoms with Gasteiger partial charge < -0.3 is 14.7 Å². The molecule has 2 unspecified atom stereocenters. The summed E-state index contributed by atoms with van der Waals surface area (Å²) in [7, 11) is 0. The summed E-state index contributed by atoms with van der Waals surface area (Å²) in [5, 5.41) is 14.2. The minimum atomic E-state index is -1.14. The summed E-state index contributed by atoms with van der Waals surface area (Å²) in [4.78, 5) is 17.7. The minimum absolute atomic E-state index is 0.132. The first-order chi connectivity index (χ1) is 16.5. The zero-order valence-electron chi connectivity index (χ0n) is 19.5. The van der Waals surface area contributed by atoms with Crippen LogP contribution in [0.4, 0.5) is 0 Å². The molecule has 3 aromatic carbocycles. The van der Waals surface area contributed by atoms with E-state index in [1.54, 1.807) is 6.92 Å². The predicted octanol–water partition coefficient (Wildman–Crippen LogP) is 3.96. The van der Waals surface area contributed by atoms with Gasteiger partial charge >= 0.3 is 0 Å². The molecule has 4 rings (SSSR count). The van der Waals surface area contributed by atoms with Crippen LogP contribution in [-0.2, 0) is 24.1 Å². The zero-order valence-corrected chi connectivity index (χ0v) is 19.5.